The maximum atomic E-state index is 13.9. The predicted octanol–water partition coefficient (Wildman–Crippen LogP) is 3.41. The molecule has 2 aromatic rings. The number of nitrogens with one attached hydrogen (secondary N) is 1. The third-order valence-electron chi connectivity index (χ3n) is 4.88. The second-order valence-electron chi connectivity index (χ2n) is 6.78. The zero-order valence-electron chi connectivity index (χ0n) is 15.4. The Morgan fingerprint density at radius 1 is 1.22 bits per heavy atom. The summed E-state index contributed by atoms with van der Waals surface area (Å²) in [6.45, 7) is 5.77. The van der Waals surface area contributed by atoms with Crippen LogP contribution in [0.2, 0.25) is 5.02 Å². The van der Waals surface area contributed by atoms with Gasteiger partial charge < -0.3 is 5.32 Å². The van der Waals surface area contributed by atoms with Crippen LogP contribution in [0, 0.1) is 5.82 Å². The molecule has 1 amide bonds. The summed E-state index contributed by atoms with van der Waals surface area (Å²) in [6.07, 6.45) is 2.44. The van der Waals surface area contributed by atoms with Gasteiger partial charge >= 0.3 is 0 Å². The molecule has 2 heterocycles. The molecule has 3 rings (SSSR count). The molecule has 27 heavy (non-hydrogen) atoms. The van der Waals surface area contributed by atoms with Gasteiger partial charge in [-0.3, -0.25) is 14.6 Å². The molecule has 0 saturated carbocycles. The largest absolute Gasteiger partial charge is 0.309 e. The number of benzene rings is 1. The van der Waals surface area contributed by atoms with Gasteiger partial charge in [-0.05, 0) is 38.1 Å². The molecule has 0 aliphatic carbocycles. The first-order valence-corrected chi connectivity index (χ1v) is 9.53. The lowest BCUT2D eigenvalue weighted by Crippen LogP contribution is -2.44. The van der Waals surface area contributed by atoms with Crippen molar-refractivity contribution in [2.75, 3.05) is 31.5 Å². The third kappa shape index (κ3) is 5.48. The SMILES string of the molecule is CC(C(=O)Nc1ccc(Cl)cn1)N1CCCN(Cc2ccccc2F)CC1. The van der Waals surface area contributed by atoms with Crippen LogP contribution in [-0.2, 0) is 11.3 Å². The van der Waals surface area contributed by atoms with E-state index in [2.05, 4.69) is 20.1 Å². The van der Waals surface area contributed by atoms with Crippen molar-refractivity contribution in [3.05, 3.63) is 59.0 Å². The van der Waals surface area contributed by atoms with E-state index in [1.54, 1.807) is 18.2 Å². The van der Waals surface area contributed by atoms with Crippen LogP contribution in [0.3, 0.4) is 0 Å². The lowest BCUT2D eigenvalue weighted by atomic mass is 10.2. The lowest BCUT2D eigenvalue weighted by molar-refractivity contribution is -0.120. The van der Waals surface area contributed by atoms with E-state index in [9.17, 15) is 9.18 Å². The summed E-state index contributed by atoms with van der Waals surface area (Å²) in [5.74, 6) is 0.237. The Bertz CT molecular complexity index is 771. The fraction of sp³-hybridized carbons (Fsp3) is 0.400. The molecule has 0 bridgehead atoms. The molecular weight excluding hydrogens is 367 g/mol. The first-order chi connectivity index (χ1) is 13.0. The number of pyridine rings is 1. The van der Waals surface area contributed by atoms with Gasteiger partial charge in [0.15, 0.2) is 0 Å². The Kier molecular flexibility index (Phi) is 6.77. The lowest BCUT2D eigenvalue weighted by Gasteiger charge is -2.27. The third-order valence-corrected chi connectivity index (χ3v) is 5.10. The number of carbonyl (C=O) groups is 1. The minimum absolute atomic E-state index is 0.0904. The second kappa shape index (κ2) is 9.26. The number of carbonyl (C=O) groups excluding carboxylic acids is 1. The molecule has 1 unspecified atom stereocenters. The van der Waals surface area contributed by atoms with Crippen LogP contribution in [0.25, 0.3) is 0 Å². The summed E-state index contributed by atoms with van der Waals surface area (Å²) in [4.78, 5) is 21.0. The Balaban J connectivity index is 1.54. The standard InChI is InChI=1S/C20H24ClFN4O/c1-15(20(27)24-19-8-7-17(21)13-23-19)26-10-4-9-25(11-12-26)14-16-5-2-3-6-18(16)22/h2-3,5-8,13,15H,4,9-12,14H2,1H3,(H,23,24,27). The highest BCUT2D eigenvalue weighted by atomic mass is 35.5. The Morgan fingerprint density at radius 3 is 2.78 bits per heavy atom. The minimum Gasteiger partial charge on any atom is -0.309 e. The Morgan fingerprint density at radius 2 is 2.04 bits per heavy atom. The molecule has 1 aliphatic rings. The van der Waals surface area contributed by atoms with Gasteiger partial charge in [-0.25, -0.2) is 9.37 Å². The highest BCUT2D eigenvalue weighted by Gasteiger charge is 2.24. The van der Waals surface area contributed by atoms with Crippen molar-refractivity contribution < 1.29 is 9.18 Å². The van der Waals surface area contributed by atoms with Crippen LogP contribution in [-0.4, -0.2) is 52.9 Å². The molecule has 1 N–H and O–H groups in total. The molecule has 1 saturated heterocycles. The zero-order valence-corrected chi connectivity index (χ0v) is 16.1. The maximum absolute atomic E-state index is 13.9. The maximum Gasteiger partial charge on any atom is 0.242 e. The van der Waals surface area contributed by atoms with Gasteiger partial charge in [0.1, 0.15) is 11.6 Å². The molecule has 0 spiro atoms. The number of halogens is 2. The molecule has 0 radical (unpaired) electrons. The van der Waals surface area contributed by atoms with E-state index in [0.29, 0.717) is 22.9 Å². The van der Waals surface area contributed by atoms with E-state index in [1.807, 2.05) is 19.1 Å². The molecular formula is C20H24ClFN4O. The topological polar surface area (TPSA) is 48.5 Å². The molecule has 7 heteroatoms. The van der Waals surface area contributed by atoms with Gasteiger partial charge in [-0.2, -0.15) is 0 Å². The van der Waals surface area contributed by atoms with E-state index in [1.165, 1.54) is 12.3 Å². The average Bonchev–Trinajstić information content (AvgIpc) is 2.90. The smallest absolute Gasteiger partial charge is 0.242 e. The fourth-order valence-electron chi connectivity index (χ4n) is 3.25. The predicted molar refractivity (Wildman–Crippen MR) is 105 cm³/mol. The van der Waals surface area contributed by atoms with Crippen molar-refractivity contribution in [1.82, 2.24) is 14.8 Å². The van der Waals surface area contributed by atoms with Crippen molar-refractivity contribution in [3.63, 3.8) is 0 Å². The number of rotatable bonds is 5. The van der Waals surface area contributed by atoms with Crippen molar-refractivity contribution >= 4 is 23.3 Å². The summed E-state index contributed by atoms with van der Waals surface area (Å²) >= 11 is 5.82. The fourth-order valence-corrected chi connectivity index (χ4v) is 3.36. The summed E-state index contributed by atoms with van der Waals surface area (Å²) in [5, 5.41) is 3.36. The van der Waals surface area contributed by atoms with E-state index in [-0.39, 0.29) is 17.8 Å². The highest BCUT2D eigenvalue weighted by molar-refractivity contribution is 6.30. The van der Waals surface area contributed by atoms with E-state index < -0.39 is 0 Å². The zero-order chi connectivity index (χ0) is 19.2. The molecule has 1 aromatic carbocycles. The van der Waals surface area contributed by atoms with E-state index >= 15 is 0 Å². The minimum atomic E-state index is -0.268. The van der Waals surface area contributed by atoms with Crippen LogP contribution in [0.15, 0.2) is 42.6 Å². The van der Waals surface area contributed by atoms with Crippen molar-refractivity contribution in [2.24, 2.45) is 0 Å². The van der Waals surface area contributed by atoms with Crippen molar-refractivity contribution in [1.29, 1.82) is 0 Å². The average molecular weight is 391 g/mol. The van der Waals surface area contributed by atoms with Gasteiger partial charge in [-0.1, -0.05) is 29.8 Å². The molecule has 1 aromatic heterocycles. The Hall–Kier alpha value is -2.02. The summed E-state index contributed by atoms with van der Waals surface area (Å²) in [6, 6.07) is 10.0. The number of anilines is 1. The van der Waals surface area contributed by atoms with Gasteiger partial charge in [0.25, 0.3) is 0 Å². The number of amides is 1. The molecule has 1 fully saturated rings. The monoisotopic (exact) mass is 390 g/mol. The first-order valence-electron chi connectivity index (χ1n) is 9.15. The summed E-state index contributed by atoms with van der Waals surface area (Å²) < 4.78 is 13.9. The number of aromatic nitrogens is 1. The van der Waals surface area contributed by atoms with Crippen molar-refractivity contribution in [3.8, 4) is 0 Å². The van der Waals surface area contributed by atoms with Crippen LogP contribution in [0.1, 0.15) is 18.9 Å². The number of hydrogen-bond acceptors (Lipinski definition) is 4. The first kappa shape index (κ1) is 19.7. The molecule has 1 aliphatic heterocycles. The normalized spacial score (nSPS) is 17.3. The van der Waals surface area contributed by atoms with Crippen LogP contribution in [0.4, 0.5) is 10.2 Å². The van der Waals surface area contributed by atoms with Crippen molar-refractivity contribution in [2.45, 2.75) is 25.9 Å². The van der Waals surface area contributed by atoms with Crippen LogP contribution in [0.5, 0.6) is 0 Å². The summed E-state index contributed by atoms with van der Waals surface area (Å²) in [5.41, 5.74) is 0.713. The molecule has 144 valence electrons. The number of hydrogen-bond donors (Lipinski definition) is 1. The molecule has 5 nitrogen and oxygen atoms in total. The Labute approximate surface area is 164 Å². The summed E-state index contributed by atoms with van der Waals surface area (Å²) in [7, 11) is 0. The van der Waals surface area contributed by atoms with Gasteiger partial charge in [-0.15, -0.1) is 0 Å². The van der Waals surface area contributed by atoms with E-state index in [0.717, 1.165) is 32.6 Å². The quantitative estimate of drug-likeness (QED) is 0.850. The molecule has 1 atom stereocenters. The van der Waals surface area contributed by atoms with Gasteiger partial charge in [0, 0.05) is 37.9 Å². The highest BCUT2D eigenvalue weighted by Crippen LogP contribution is 2.15. The van der Waals surface area contributed by atoms with Gasteiger partial charge in [0.2, 0.25) is 5.91 Å². The number of nitrogens with zero attached hydrogens (tertiary/aromatic N) is 3. The van der Waals surface area contributed by atoms with Crippen LogP contribution >= 0.6 is 11.6 Å². The van der Waals surface area contributed by atoms with E-state index in [4.69, 9.17) is 11.6 Å². The second-order valence-corrected chi connectivity index (χ2v) is 7.22. The van der Waals surface area contributed by atoms with Crippen LogP contribution < -0.4 is 5.32 Å². The van der Waals surface area contributed by atoms with Gasteiger partial charge in [0.05, 0.1) is 11.1 Å².